The molecule has 0 aromatic heterocycles. The molecule has 4 atom stereocenters. The van der Waals surface area contributed by atoms with Gasteiger partial charge in [-0.2, -0.15) is 0 Å². The maximum atomic E-state index is 7.10. The first-order valence-electron chi connectivity index (χ1n) is 10.2. The lowest BCUT2D eigenvalue weighted by Crippen LogP contribution is -2.72. The number of hydrogen-bond acceptors (Lipinski definition) is 3. The first-order chi connectivity index (χ1) is 11.1. The van der Waals surface area contributed by atoms with E-state index >= 15 is 0 Å². The van der Waals surface area contributed by atoms with Crippen LogP contribution in [0.3, 0.4) is 0 Å². The van der Waals surface area contributed by atoms with Crippen LogP contribution in [0.1, 0.15) is 68.7 Å². The van der Waals surface area contributed by atoms with E-state index in [0.29, 0.717) is 16.6 Å². The zero-order valence-electron chi connectivity index (χ0n) is 17.4. The van der Waals surface area contributed by atoms with Gasteiger partial charge >= 0.3 is 25.7 Å². The van der Waals surface area contributed by atoms with Gasteiger partial charge in [0, 0.05) is 5.54 Å². The first-order valence-corrected chi connectivity index (χ1v) is 16.5. The van der Waals surface area contributed by atoms with Crippen molar-refractivity contribution in [3.8, 4) is 0 Å². The highest BCUT2D eigenvalue weighted by molar-refractivity contribution is 6.96. The van der Waals surface area contributed by atoms with Crippen LogP contribution in [-0.4, -0.2) is 25.7 Å². The summed E-state index contributed by atoms with van der Waals surface area (Å²) < 4.78 is 21.2. The molecule has 0 bridgehead atoms. The minimum Gasteiger partial charge on any atom is -0.415 e. The molecule has 1 saturated carbocycles. The van der Waals surface area contributed by atoms with Gasteiger partial charge in [0.25, 0.3) is 0 Å². The van der Waals surface area contributed by atoms with Crippen molar-refractivity contribution < 1.29 is 12.3 Å². The Morgan fingerprint density at radius 1 is 0.750 bits per heavy atom. The molecule has 6 heteroatoms. The number of hydrogen-bond donors (Lipinski definition) is 0. The molecule has 3 nitrogen and oxygen atoms in total. The summed E-state index contributed by atoms with van der Waals surface area (Å²) in [6, 6.07) is 3.21. The van der Waals surface area contributed by atoms with Gasteiger partial charge in [0.15, 0.2) is 0 Å². The first kappa shape index (κ1) is 20.8. The predicted octanol–water partition coefficient (Wildman–Crippen LogP) is 6.30. The standard InChI is InChI=1S/C18H40O3Si3/c1-10-22(15(6)7)19-23(11-2,16(8)9)21-24(12-3,20-22)18-13-17(18)14(4)5/h14-18H,10-13H2,1-9H3. The average Bonchev–Trinajstić information content (AvgIpc) is 3.35. The Morgan fingerprint density at radius 2 is 1.21 bits per heavy atom. The van der Waals surface area contributed by atoms with E-state index in [1.54, 1.807) is 0 Å². The van der Waals surface area contributed by atoms with E-state index in [0.717, 1.165) is 30.0 Å². The van der Waals surface area contributed by atoms with Gasteiger partial charge in [-0.05, 0) is 47.5 Å². The molecular formula is C18H40O3Si3. The normalized spacial score (nSPS) is 43.0. The van der Waals surface area contributed by atoms with E-state index in [4.69, 9.17) is 12.3 Å². The lowest BCUT2D eigenvalue weighted by atomic mass is 10.1. The average molecular weight is 389 g/mol. The lowest BCUT2D eigenvalue weighted by molar-refractivity contribution is 0.194. The van der Waals surface area contributed by atoms with Crippen molar-refractivity contribution in [2.24, 2.45) is 11.8 Å². The molecule has 1 aliphatic heterocycles. The van der Waals surface area contributed by atoms with Gasteiger partial charge in [-0.3, -0.25) is 0 Å². The van der Waals surface area contributed by atoms with Crippen molar-refractivity contribution in [3.63, 3.8) is 0 Å². The molecule has 142 valence electrons. The molecule has 0 amide bonds. The largest absolute Gasteiger partial charge is 0.415 e. The molecule has 0 radical (unpaired) electrons. The summed E-state index contributed by atoms with van der Waals surface area (Å²) in [7, 11) is -6.59. The Bertz CT molecular complexity index is 419. The Balaban J connectivity index is 2.47. The second kappa shape index (κ2) is 7.27. The van der Waals surface area contributed by atoms with E-state index in [2.05, 4.69) is 62.3 Å². The van der Waals surface area contributed by atoms with Crippen molar-refractivity contribution in [2.75, 3.05) is 0 Å². The van der Waals surface area contributed by atoms with Crippen molar-refractivity contribution >= 4 is 25.7 Å². The fourth-order valence-electron chi connectivity index (χ4n) is 4.53. The molecule has 0 N–H and O–H groups in total. The second-order valence-corrected chi connectivity index (χ2v) is 21.4. The Morgan fingerprint density at radius 3 is 1.46 bits per heavy atom. The Kier molecular flexibility index (Phi) is 6.31. The zero-order chi connectivity index (χ0) is 18.3. The summed E-state index contributed by atoms with van der Waals surface area (Å²) in [5.74, 6) is 1.55. The van der Waals surface area contributed by atoms with E-state index in [-0.39, 0.29) is 0 Å². The van der Waals surface area contributed by atoms with Crippen molar-refractivity contribution in [1.29, 1.82) is 0 Å². The van der Waals surface area contributed by atoms with Gasteiger partial charge in [-0.15, -0.1) is 0 Å². The molecule has 0 spiro atoms. The third-order valence-corrected chi connectivity index (χ3v) is 23.1. The van der Waals surface area contributed by atoms with Gasteiger partial charge in [-0.1, -0.05) is 62.3 Å². The van der Waals surface area contributed by atoms with Crippen LogP contribution < -0.4 is 0 Å². The van der Waals surface area contributed by atoms with Crippen LogP contribution in [-0.2, 0) is 12.3 Å². The highest BCUT2D eigenvalue weighted by atomic mass is 28.5. The summed E-state index contributed by atoms with van der Waals surface area (Å²) in [6.07, 6.45) is 1.32. The molecule has 1 heterocycles. The molecule has 24 heavy (non-hydrogen) atoms. The maximum absolute atomic E-state index is 7.10. The van der Waals surface area contributed by atoms with Gasteiger partial charge in [0.2, 0.25) is 0 Å². The molecule has 2 rings (SSSR count). The van der Waals surface area contributed by atoms with Gasteiger partial charge in [0.05, 0.1) is 0 Å². The third-order valence-electron chi connectivity index (χ3n) is 6.54. The van der Waals surface area contributed by atoms with Gasteiger partial charge < -0.3 is 12.3 Å². The van der Waals surface area contributed by atoms with E-state index < -0.39 is 25.7 Å². The molecular weight excluding hydrogens is 348 g/mol. The van der Waals surface area contributed by atoms with E-state index in [9.17, 15) is 0 Å². The zero-order valence-corrected chi connectivity index (χ0v) is 20.4. The summed E-state index contributed by atoms with van der Waals surface area (Å²) in [4.78, 5) is 0. The van der Waals surface area contributed by atoms with Crippen LogP contribution in [0.4, 0.5) is 0 Å². The van der Waals surface area contributed by atoms with Gasteiger partial charge in [-0.25, -0.2) is 0 Å². The molecule has 0 aromatic carbocycles. The molecule has 0 aromatic rings. The Hall–Kier alpha value is 0.531. The lowest BCUT2D eigenvalue weighted by Gasteiger charge is -2.56. The summed E-state index contributed by atoms with van der Waals surface area (Å²) in [6.45, 7) is 20.9. The molecule has 2 aliphatic rings. The second-order valence-electron chi connectivity index (χ2n) is 8.86. The van der Waals surface area contributed by atoms with Gasteiger partial charge in [0.1, 0.15) is 0 Å². The van der Waals surface area contributed by atoms with Crippen molar-refractivity contribution in [1.82, 2.24) is 0 Å². The minimum atomic E-state index is -2.20. The van der Waals surface area contributed by atoms with Crippen LogP contribution in [0.2, 0.25) is 34.8 Å². The number of rotatable bonds is 7. The van der Waals surface area contributed by atoms with Crippen LogP contribution >= 0.6 is 0 Å². The minimum absolute atomic E-state index is 0.498. The fraction of sp³-hybridized carbons (Fsp3) is 1.00. The summed E-state index contributed by atoms with van der Waals surface area (Å²) >= 11 is 0. The van der Waals surface area contributed by atoms with E-state index in [1.165, 1.54) is 6.42 Å². The van der Waals surface area contributed by atoms with Crippen LogP contribution in [0.25, 0.3) is 0 Å². The topological polar surface area (TPSA) is 27.7 Å². The SMILES string of the molecule is CC[Si]1(C(C)C)O[Si](CC)(C(C)C)O[Si](CC)(C2CC2C(C)C)O1. The molecule has 1 aliphatic carbocycles. The smallest absolute Gasteiger partial charge is 0.323 e. The quantitative estimate of drug-likeness (QED) is 0.479. The molecule has 1 saturated heterocycles. The summed E-state index contributed by atoms with van der Waals surface area (Å²) in [5.41, 5.74) is 1.69. The highest BCUT2D eigenvalue weighted by Crippen LogP contribution is 2.61. The maximum Gasteiger partial charge on any atom is 0.323 e. The highest BCUT2D eigenvalue weighted by Gasteiger charge is 2.68. The van der Waals surface area contributed by atoms with Crippen molar-refractivity contribution in [2.45, 2.75) is 103 Å². The van der Waals surface area contributed by atoms with Crippen LogP contribution in [0.15, 0.2) is 0 Å². The van der Waals surface area contributed by atoms with Crippen LogP contribution in [0.5, 0.6) is 0 Å². The van der Waals surface area contributed by atoms with Crippen LogP contribution in [0, 0.1) is 11.8 Å². The van der Waals surface area contributed by atoms with Crippen molar-refractivity contribution in [3.05, 3.63) is 0 Å². The van der Waals surface area contributed by atoms with E-state index in [1.807, 2.05) is 0 Å². The predicted molar refractivity (Wildman–Crippen MR) is 109 cm³/mol. The summed E-state index contributed by atoms with van der Waals surface area (Å²) in [5, 5.41) is 0. The fourth-order valence-corrected chi connectivity index (χ4v) is 25.4. The molecule has 2 fully saturated rings. The molecule has 4 unspecified atom stereocenters. The monoisotopic (exact) mass is 388 g/mol. The Labute approximate surface area is 153 Å². The third kappa shape index (κ3) is 3.39.